The summed E-state index contributed by atoms with van der Waals surface area (Å²) in [4.78, 5) is 0.0456. The highest BCUT2D eigenvalue weighted by Crippen LogP contribution is 2.35. The number of hydrogen-bond donors (Lipinski definition) is 0. The zero-order valence-electron chi connectivity index (χ0n) is 14.9. The Bertz CT molecular complexity index is 911. The van der Waals surface area contributed by atoms with Crippen LogP contribution in [0.15, 0.2) is 47.4 Å². The van der Waals surface area contributed by atoms with Crippen LogP contribution in [0.5, 0.6) is 0 Å². The molecule has 0 aromatic heterocycles. The third kappa shape index (κ3) is 3.51. The number of ether oxygens (including phenoxy) is 1. The normalized spacial score (nSPS) is 20.9. The first-order chi connectivity index (χ1) is 12.1. The molecule has 0 saturated carbocycles. The highest BCUT2D eigenvalue weighted by molar-refractivity contribution is 7.89. The second kappa shape index (κ2) is 6.72. The van der Waals surface area contributed by atoms with Crippen LogP contribution in [-0.2, 0) is 14.8 Å². The van der Waals surface area contributed by atoms with Gasteiger partial charge in [-0.1, -0.05) is 12.1 Å². The summed E-state index contributed by atoms with van der Waals surface area (Å²) in [6, 6.07) is 9.59. The number of sulfonamides is 1. The predicted octanol–water partition coefficient (Wildman–Crippen LogP) is 3.81. The van der Waals surface area contributed by atoms with E-state index in [1.807, 2.05) is 0 Å². The Balaban J connectivity index is 1.96. The molecule has 7 heteroatoms. The van der Waals surface area contributed by atoms with Gasteiger partial charge in [0.15, 0.2) is 0 Å². The van der Waals surface area contributed by atoms with E-state index in [1.54, 1.807) is 26.0 Å². The van der Waals surface area contributed by atoms with Crippen molar-refractivity contribution in [3.63, 3.8) is 0 Å². The van der Waals surface area contributed by atoms with E-state index >= 15 is 0 Å². The van der Waals surface area contributed by atoms with Crippen molar-refractivity contribution in [2.24, 2.45) is 0 Å². The van der Waals surface area contributed by atoms with Gasteiger partial charge in [0.25, 0.3) is 0 Å². The largest absolute Gasteiger partial charge is 0.370 e. The molecule has 1 aliphatic rings. The molecule has 0 radical (unpaired) electrons. The molecule has 1 unspecified atom stereocenters. The lowest BCUT2D eigenvalue weighted by Gasteiger charge is -2.44. The maximum atomic E-state index is 13.5. The van der Waals surface area contributed by atoms with E-state index in [2.05, 4.69) is 0 Å². The molecule has 1 heterocycles. The molecule has 0 amide bonds. The van der Waals surface area contributed by atoms with Crippen LogP contribution in [0.3, 0.4) is 0 Å². The summed E-state index contributed by atoms with van der Waals surface area (Å²) in [5, 5.41) is 0. The van der Waals surface area contributed by atoms with Gasteiger partial charge in [-0.05, 0) is 62.2 Å². The van der Waals surface area contributed by atoms with E-state index in [-0.39, 0.29) is 29.4 Å². The summed E-state index contributed by atoms with van der Waals surface area (Å²) in [6.45, 7) is 5.37. The number of hydrogen-bond acceptors (Lipinski definition) is 3. The fourth-order valence-electron chi connectivity index (χ4n) is 3.03. The fraction of sp³-hybridized carbons (Fsp3) is 0.368. The van der Waals surface area contributed by atoms with Crippen molar-refractivity contribution in [3.8, 4) is 0 Å². The van der Waals surface area contributed by atoms with Gasteiger partial charge < -0.3 is 4.74 Å². The van der Waals surface area contributed by atoms with Crippen molar-refractivity contribution in [1.82, 2.24) is 4.31 Å². The lowest BCUT2D eigenvalue weighted by Crippen LogP contribution is -2.56. The topological polar surface area (TPSA) is 46.6 Å². The number of halogens is 2. The van der Waals surface area contributed by atoms with Crippen molar-refractivity contribution >= 4 is 10.0 Å². The first-order valence-electron chi connectivity index (χ1n) is 8.27. The lowest BCUT2D eigenvalue weighted by molar-refractivity contribution is -0.0655. The highest BCUT2D eigenvalue weighted by atomic mass is 32.2. The first-order valence-corrected chi connectivity index (χ1v) is 9.71. The van der Waals surface area contributed by atoms with Gasteiger partial charge in [-0.3, -0.25) is 0 Å². The van der Waals surface area contributed by atoms with E-state index in [0.29, 0.717) is 5.56 Å². The molecule has 2 aromatic rings. The molecule has 1 fully saturated rings. The van der Waals surface area contributed by atoms with Gasteiger partial charge in [0.2, 0.25) is 10.0 Å². The molecule has 1 atom stereocenters. The summed E-state index contributed by atoms with van der Waals surface area (Å²) in [5.74, 6) is -0.814. The maximum absolute atomic E-state index is 13.5. The molecular weight excluding hydrogens is 360 g/mol. The quantitative estimate of drug-likeness (QED) is 0.812. The number of rotatable bonds is 3. The van der Waals surface area contributed by atoms with Crippen LogP contribution in [0, 0.1) is 18.6 Å². The summed E-state index contributed by atoms with van der Waals surface area (Å²) >= 11 is 0. The Morgan fingerprint density at radius 3 is 2.38 bits per heavy atom. The standard InChI is InChI=1S/C19H21F2NO3S/c1-13-10-16(8-9-17(13)21)26(23,24)22-11-18(25-12-19(22,2)3)14-4-6-15(20)7-5-14/h4-10,18H,11-12H2,1-3H3. The highest BCUT2D eigenvalue weighted by Gasteiger charge is 2.43. The second-order valence-electron chi connectivity index (χ2n) is 7.11. The van der Waals surface area contributed by atoms with Crippen molar-refractivity contribution in [2.45, 2.75) is 37.3 Å². The minimum atomic E-state index is -3.85. The summed E-state index contributed by atoms with van der Waals surface area (Å²) in [7, 11) is -3.85. The Kier molecular flexibility index (Phi) is 4.90. The summed E-state index contributed by atoms with van der Waals surface area (Å²) in [6.07, 6.45) is -0.500. The molecule has 0 bridgehead atoms. The number of benzene rings is 2. The average Bonchev–Trinajstić information content (AvgIpc) is 2.57. The van der Waals surface area contributed by atoms with Gasteiger partial charge in [-0.25, -0.2) is 17.2 Å². The predicted molar refractivity (Wildman–Crippen MR) is 94.2 cm³/mol. The lowest BCUT2D eigenvalue weighted by atomic mass is 10.0. The molecule has 4 nitrogen and oxygen atoms in total. The van der Waals surface area contributed by atoms with E-state index in [1.165, 1.54) is 35.5 Å². The minimum Gasteiger partial charge on any atom is -0.370 e. The van der Waals surface area contributed by atoms with Gasteiger partial charge in [-0.2, -0.15) is 4.31 Å². The van der Waals surface area contributed by atoms with Crippen LogP contribution >= 0.6 is 0 Å². The maximum Gasteiger partial charge on any atom is 0.243 e. The molecule has 2 aromatic carbocycles. The van der Waals surface area contributed by atoms with E-state index in [9.17, 15) is 17.2 Å². The Labute approximate surface area is 152 Å². The minimum absolute atomic E-state index is 0.0456. The zero-order chi connectivity index (χ0) is 19.1. The van der Waals surface area contributed by atoms with Crippen LogP contribution in [0.2, 0.25) is 0 Å². The van der Waals surface area contributed by atoms with Crippen LogP contribution < -0.4 is 0 Å². The molecule has 0 aliphatic carbocycles. The monoisotopic (exact) mass is 381 g/mol. The van der Waals surface area contributed by atoms with Gasteiger partial charge in [0.1, 0.15) is 11.6 Å². The van der Waals surface area contributed by atoms with Crippen molar-refractivity contribution in [2.75, 3.05) is 13.2 Å². The van der Waals surface area contributed by atoms with Crippen molar-refractivity contribution in [3.05, 3.63) is 65.2 Å². The molecular formula is C19H21F2NO3S. The van der Waals surface area contributed by atoms with Gasteiger partial charge >= 0.3 is 0 Å². The molecule has 0 spiro atoms. The van der Waals surface area contributed by atoms with Gasteiger partial charge in [0.05, 0.1) is 23.1 Å². The summed E-state index contributed by atoms with van der Waals surface area (Å²) < 4.78 is 60.3. The number of morpholine rings is 1. The molecule has 0 N–H and O–H groups in total. The van der Waals surface area contributed by atoms with Crippen molar-refractivity contribution < 1.29 is 21.9 Å². The second-order valence-corrected chi connectivity index (χ2v) is 8.97. The van der Waals surface area contributed by atoms with Crippen LogP contribution in [0.25, 0.3) is 0 Å². The molecule has 3 rings (SSSR count). The first kappa shape index (κ1) is 18.9. The fourth-order valence-corrected chi connectivity index (χ4v) is 4.89. The van der Waals surface area contributed by atoms with Crippen LogP contribution in [-0.4, -0.2) is 31.4 Å². The molecule has 1 aliphatic heterocycles. The van der Waals surface area contributed by atoms with E-state index < -0.39 is 27.5 Å². The smallest absolute Gasteiger partial charge is 0.243 e. The van der Waals surface area contributed by atoms with Crippen molar-refractivity contribution in [1.29, 1.82) is 0 Å². The number of aryl methyl sites for hydroxylation is 1. The Morgan fingerprint density at radius 1 is 1.12 bits per heavy atom. The third-order valence-electron chi connectivity index (χ3n) is 4.60. The molecule has 1 saturated heterocycles. The Morgan fingerprint density at radius 2 is 1.77 bits per heavy atom. The molecule has 26 heavy (non-hydrogen) atoms. The third-order valence-corrected chi connectivity index (χ3v) is 6.68. The van der Waals surface area contributed by atoms with Gasteiger partial charge in [0, 0.05) is 6.54 Å². The van der Waals surface area contributed by atoms with Crippen LogP contribution in [0.4, 0.5) is 8.78 Å². The molecule has 140 valence electrons. The van der Waals surface area contributed by atoms with Gasteiger partial charge in [-0.15, -0.1) is 0 Å². The zero-order valence-corrected chi connectivity index (χ0v) is 15.7. The summed E-state index contributed by atoms with van der Waals surface area (Å²) in [5.41, 5.74) is 0.210. The van der Waals surface area contributed by atoms with E-state index in [4.69, 9.17) is 4.74 Å². The Hall–Kier alpha value is -1.83. The average molecular weight is 381 g/mol. The van der Waals surface area contributed by atoms with E-state index in [0.717, 1.165) is 6.07 Å². The SMILES string of the molecule is Cc1cc(S(=O)(=O)N2CC(c3ccc(F)cc3)OCC2(C)C)ccc1F. The van der Waals surface area contributed by atoms with Crippen LogP contribution in [0.1, 0.15) is 31.1 Å². The number of nitrogens with zero attached hydrogens (tertiary/aromatic N) is 1.